The van der Waals surface area contributed by atoms with Crippen LogP contribution in [-0.4, -0.2) is 68.1 Å². The molecule has 176 valence electrons. The molecular formula is C21H20F3N9O. The third-order valence-electron chi connectivity index (χ3n) is 5.59. The number of carbonyl (C=O) groups excluding carboxylic acids is 1. The highest BCUT2D eigenvalue weighted by Gasteiger charge is 2.38. The van der Waals surface area contributed by atoms with Gasteiger partial charge in [-0.2, -0.15) is 28.6 Å². The van der Waals surface area contributed by atoms with Crippen LogP contribution in [0.25, 0.3) is 27.7 Å². The van der Waals surface area contributed by atoms with Crippen LogP contribution in [0.3, 0.4) is 0 Å². The molecule has 0 spiro atoms. The minimum Gasteiger partial charge on any atom is -0.344 e. The number of nitrogens with zero attached hydrogens (tertiary/aromatic N) is 8. The Bertz CT molecular complexity index is 1350. The highest BCUT2D eigenvalue weighted by molar-refractivity contribution is 5.95. The van der Waals surface area contributed by atoms with Gasteiger partial charge in [-0.15, -0.1) is 10.2 Å². The Kier molecular flexibility index (Phi) is 5.82. The van der Waals surface area contributed by atoms with Crippen molar-refractivity contribution in [2.45, 2.75) is 25.6 Å². The van der Waals surface area contributed by atoms with E-state index in [-0.39, 0.29) is 60.0 Å². The Morgan fingerprint density at radius 2 is 2.12 bits per heavy atom. The van der Waals surface area contributed by atoms with Gasteiger partial charge < -0.3 is 9.88 Å². The molecule has 1 amide bonds. The van der Waals surface area contributed by atoms with E-state index in [1.165, 1.54) is 34.0 Å². The lowest BCUT2D eigenvalue weighted by molar-refractivity contribution is -0.141. The summed E-state index contributed by atoms with van der Waals surface area (Å²) in [5.74, 6) is -0.249. The first-order chi connectivity index (χ1) is 16.1. The summed E-state index contributed by atoms with van der Waals surface area (Å²) in [6.45, 7) is 3.57. The SMILES string of the molecule is C=NN(C)/C(C#N)=C1\CN(C)C(=O)CCCn2cc(c(C(F)(F)F)n2)-c2c[nH]c3nnc1cc23. The summed E-state index contributed by atoms with van der Waals surface area (Å²) in [7, 11) is 3.09. The van der Waals surface area contributed by atoms with Crippen LogP contribution in [0.4, 0.5) is 13.2 Å². The van der Waals surface area contributed by atoms with Crippen LogP contribution < -0.4 is 0 Å². The van der Waals surface area contributed by atoms with Gasteiger partial charge in [-0.3, -0.25) is 14.5 Å². The van der Waals surface area contributed by atoms with Crippen molar-refractivity contribution >= 4 is 29.2 Å². The topological polar surface area (TPSA) is 119 Å². The predicted molar refractivity (Wildman–Crippen MR) is 117 cm³/mol. The lowest BCUT2D eigenvalue weighted by Gasteiger charge is -2.22. The fourth-order valence-corrected chi connectivity index (χ4v) is 3.83. The number of fused-ring (bicyclic) bond motifs is 4. The molecule has 10 nitrogen and oxygen atoms in total. The van der Waals surface area contributed by atoms with Crippen molar-refractivity contribution in [3.8, 4) is 17.2 Å². The molecule has 0 aliphatic carbocycles. The number of allylic oxidation sites excluding steroid dienone is 1. The average Bonchev–Trinajstić information content (AvgIpc) is 3.41. The van der Waals surface area contributed by atoms with Crippen molar-refractivity contribution in [3.05, 3.63) is 35.5 Å². The summed E-state index contributed by atoms with van der Waals surface area (Å²) in [5.41, 5.74) is -0.000291. The van der Waals surface area contributed by atoms with E-state index in [0.717, 1.165) is 0 Å². The van der Waals surface area contributed by atoms with Gasteiger partial charge in [-0.25, -0.2) is 0 Å². The molecule has 3 aromatic heterocycles. The zero-order valence-corrected chi connectivity index (χ0v) is 18.4. The van der Waals surface area contributed by atoms with E-state index in [2.05, 4.69) is 32.1 Å². The number of hydrogen-bond donors (Lipinski definition) is 1. The lowest BCUT2D eigenvalue weighted by atomic mass is 10.0. The van der Waals surface area contributed by atoms with Gasteiger partial charge in [0.25, 0.3) is 0 Å². The van der Waals surface area contributed by atoms with Crippen LogP contribution in [0, 0.1) is 11.3 Å². The van der Waals surface area contributed by atoms with Crippen molar-refractivity contribution in [1.82, 2.24) is 34.9 Å². The average molecular weight is 471 g/mol. The maximum absolute atomic E-state index is 13.8. The van der Waals surface area contributed by atoms with Gasteiger partial charge in [-0.1, -0.05) is 0 Å². The Morgan fingerprint density at radius 1 is 1.35 bits per heavy atom. The Hall–Kier alpha value is -4.21. The second kappa shape index (κ2) is 8.62. The Balaban J connectivity index is 2.02. The van der Waals surface area contributed by atoms with Crippen molar-refractivity contribution < 1.29 is 18.0 Å². The molecule has 1 aliphatic rings. The van der Waals surface area contributed by atoms with Crippen LogP contribution in [0.1, 0.15) is 24.2 Å². The van der Waals surface area contributed by atoms with Gasteiger partial charge in [0.2, 0.25) is 5.91 Å². The minimum absolute atomic E-state index is 0.0121. The Morgan fingerprint density at radius 3 is 2.79 bits per heavy atom. The number of nitriles is 1. The van der Waals surface area contributed by atoms with E-state index < -0.39 is 11.9 Å². The molecule has 3 aromatic rings. The van der Waals surface area contributed by atoms with Crippen molar-refractivity contribution in [2.24, 2.45) is 5.10 Å². The first-order valence-electron chi connectivity index (χ1n) is 10.2. The van der Waals surface area contributed by atoms with E-state index in [0.29, 0.717) is 11.0 Å². The van der Waals surface area contributed by atoms with Crippen LogP contribution in [0.5, 0.6) is 0 Å². The van der Waals surface area contributed by atoms with Gasteiger partial charge in [0, 0.05) is 68.3 Å². The fourth-order valence-electron chi connectivity index (χ4n) is 3.83. The molecule has 1 N–H and O–H groups in total. The quantitative estimate of drug-likeness (QED) is 0.349. The number of rotatable bonds is 2. The standard InChI is InChI=1S/C21H20F3N9O/c1-26-32(3)17(8-25)15-10-31(2)18(34)5-4-6-33-11-14(19(30-33)21(22,23)24)13-9-27-20-12(13)7-16(15)28-29-20/h7,9,11H,1,4-6,10H2,2-3H3,(H,27,29)/b17-15+. The molecule has 4 heterocycles. The maximum Gasteiger partial charge on any atom is 0.435 e. The number of halogens is 3. The number of alkyl halides is 3. The number of nitrogens with one attached hydrogen (secondary N) is 1. The molecular weight excluding hydrogens is 451 g/mol. The van der Waals surface area contributed by atoms with Gasteiger partial charge in [0.15, 0.2) is 11.3 Å². The van der Waals surface area contributed by atoms with Crippen molar-refractivity contribution in [3.63, 3.8) is 0 Å². The molecule has 0 atom stereocenters. The van der Waals surface area contributed by atoms with Crippen LogP contribution in [0.2, 0.25) is 0 Å². The number of aryl methyl sites for hydroxylation is 1. The number of H-pyrrole nitrogens is 1. The first kappa shape index (κ1) is 23.0. The molecule has 1 aliphatic heterocycles. The predicted octanol–water partition coefficient (Wildman–Crippen LogP) is 2.87. The molecule has 0 saturated carbocycles. The number of aromatic amines is 1. The molecule has 0 radical (unpaired) electrons. The maximum atomic E-state index is 13.8. The van der Waals surface area contributed by atoms with E-state index in [9.17, 15) is 23.2 Å². The second-order valence-electron chi connectivity index (χ2n) is 7.80. The second-order valence-corrected chi connectivity index (χ2v) is 7.80. The molecule has 0 saturated heterocycles. The normalized spacial score (nSPS) is 16.4. The molecule has 4 bridgehead atoms. The summed E-state index contributed by atoms with van der Waals surface area (Å²) in [4.78, 5) is 17.0. The van der Waals surface area contributed by atoms with Crippen LogP contribution in [-0.2, 0) is 17.5 Å². The summed E-state index contributed by atoms with van der Waals surface area (Å²) in [6, 6.07) is 3.59. The van der Waals surface area contributed by atoms with E-state index in [1.807, 2.05) is 6.07 Å². The Labute approximate surface area is 192 Å². The number of hydrogen-bond acceptors (Lipinski definition) is 7. The summed E-state index contributed by atoms with van der Waals surface area (Å²) in [6.07, 6.45) is -1.58. The lowest BCUT2D eigenvalue weighted by Crippen LogP contribution is -2.30. The summed E-state index contributed by atoms with van der Waals surface area (Å²) >= 11 is 0. The van der Waals surface area contributed by atoms with Gasteiger partial charge in [-0.05, 0) is 12.5 Å². The largest absolute Gasteiger partial charge is 0.435 e. The highest BCUT2D eigenvalue weighted by atomic mass is 19.4. The number of carbonyl (C=O) groups is 1. The van der Waals surface area contributed by atoms with Crippen molar-refractivity contribution in [1.29, 1.82) is 5.26 Å². The first-order valence-corrected chi connectivity index (χ1v) is 10.2. The molecule has 0 aromatic carbocycles. The van der Waals surface area contributed by atoms with Crippen LogP contribution in [0.15, 0.2) is 29.3 Å². The number of amides is 1. The smallest absolute Gasteiger partial charge is 0.344 e. The zero-order chi connectivity index (χ0) is 24.6. The van der Waals surface area contributed by atoms with Crippen molar-refractivity contribution in [2.75, 3.05) is 20.6 Å². The zero-order valence-electron chi connectivity index (χ0n) is 18.4. The molecule has 34 heavy (non-hydrogen) atoms. The molecule has 0 fully saturated rings. The van der Waals surface area contributed by atoms with Gasteiger partial charge in [0.05, 0.1) is 12.2 Å². The van der Waals surface area contributed by atoms with E-state index >= 15 is 0 Å². The summed E-state index contributed by atoms with van der Waals surface area (Å²) in [5, 5.41) is 27.2. The monoisotopic (exact) mass is 471 g/mol. The van der Waals surface area contributed by atoms with Crippen LogP contribution >= 0.6 is 0 Å². The van der Waals surface area contributed by atoms with E-state index in [4.69, 9.17) is 0 Å². The number of hydrazone groups is 1. The summed E-state index contributed by atoms with van der Waals surface area (Å²) < 4.78 is 42.6. The van der Waals surface area contributed by atoms with Gasteiger partial charge in [0.1, 0.15) is 11.8 Å². The molecule has 13 heteroatoms. The number of aromatic nitrogens is 5. The highest BCUT2D eigenvalue weighted by Crippen LogP contribution is 2.39. The minimum atomic E-state index is -4.69. The third kappa shape index (κ3) is 4.09. The van der Waals surface area contributed by atoms with Gasteiger partial charge >= 0.3 is 6.18 Å². The fraction of sp³-hybridized carbons (Fsp3) is 0.333. The van der Waals surface area contributed by atoms with E-state index in [1.54, 1.807) is 13.1 Å². The molecule has 0 unspecified atom stereocenters. The number of likely N-dealkylation sites (N-methyl/N-ethyl adjacent to an activating group) is 1. The molecule has 4 rings (SSSR count). The third-order valence-corrected chi connectivity index (χ3v) is 5.59.